The van der Waals surface area contributed by atoms with Crippen molar-refractivity contribution >= 4 is 0 Å². The SMILES string of the molecule is CCCC1CN(CCCOCCOC)C2(CCCC2)CN1. The van der Waals surface area contributed by atoms with Gasteiger partial charge in [0.1, 0.15) is 0 Å². The molecule has 1 N–H and O–H groups in total. The zero-order valence-corrected chi connectivity index (χ0v) is 14.0. The zero-order valence-electron chi connectivity index (χ0n) is 14.0. The van der Waals surface area contributed by atoms with E-state index in [1.54, 1.807) is 7.11 Å². The lowest BCUT2D eigenvalue weighted by atomic mass is 9.90. The van der Waals surface area contributed by atoms with Gasteiger partial charge >= 0.3 is 0 Å². The van der Waals surface area contributed by atoms with E-state index in [0.717, 1.165) is 19.6 Å². The second kappa shape index (κ2) is 9.09. The Bertz CT molecular complexity index is 280. The molecule has 4 heteroatoms. The first-order chi connectivity index (χ1) is 10.3. The molecule has 1 spiro atoms. The van der Waals surface area contributed by atoms with Gasteiger partial charge in [0.05, 0.1) is 13.2 Å². The van der Waals surface area contributed by atoms with Crippen LogP contribution < -0.4 is 5.32 Å². The summed E-state index contributed by atoms with van der Waals surface area (Å²) in [6, 6.07) is 0.690. The van der Waals surface area contributed by atoms with Crippen molar-refractivity contribution in [1.29, 1.82) is 0 Å². The fraction of sp³-hybridized carbons (Fsp3) is 1.00. The van der Waals surface area contributed by atoms with Crippen LogP contribution >= 0.6 is 0 Å². The molecule has 1 atom stereocenters. The molecule has 4 nitrogen and oxygen atoms in total. The summed E-state index contributed by atoms with van der Waals surface area (Å²) < 4.78 is 10.6. The van der Waals surface area contributed by atoms with Crippen molar-refractivity contribution in [3.63, 3.8) is 0 Å². The molecule has 1 saturated carbocycles. The van der Waals surface area contributed by atoms with Gasteiger partial charge in [0.15, 0.2) is 0 Å². The largest absolute Gasteiger partial charge is 0.382 e. The number of rotatable bonds is 9. The van der Waals surface area contributed by atoms with Crippen molar-refractivity contribution in [3.8, 4) is 0 Å². The highest BCUT2D eigenvalue weighted by Crippen LogP contribution is 2.37. The van der Waals surface area contributed by atoms with Crippen LogP contribution in [-0.2, 0) is 9.47 Å². The predicted molar refractivity (Wildman–Crippen MR) is 86.8 cm³/mol. The molecule has 21 heavy (non-hydrogen) atoms. The first-order valence-electron chi connectivity index (χ1n) is 8.86. The van der Waals surface area contributed by atoms with Gasteiger partial charge in [-0.1, -0.05) is 26.2 Å². The maximum atomic E-state index is 5.62. The molecule has 124 valence electrons. The highest BCUT2D eigenvalue weighted by molar-refractivity contribution is 5.01. The minimum Gasteiger partial charge on any atom is -0.382 e. The summed E-state index contributed by atoms with van der Waals surface area (Å²) in [7, 11) is 1.72. The molecular formula is C17H34N2O2. The number of nitrogens with one attached hydrogen (secondary N) is 1. The van der Waals surface area contributed by atoms with Crippen LogP contribution in [0.15, 0.2) is 0 Å². The maximum Gasteiger partial charge on any atom is 0.0700 e. The van der Waals surface area contributed by atoms with Crippen molar-refractivity contribution in [2.24, 2.45) is 0 Å². The quantitative estimate of drug-likeness (QED) is 0.663. The van der Waals surface area contributed by atoms with Crippen LogP contribution in [0.5, 0.6) is 0 Å². The van der Waals surface area contributed by atoms with E-state index in [1.807, 2.05) is 0 Å². The molecule has 1 aliphatic carbocycles. The topological polar surface area (TPSA) is 33.7 Å². The van der Waals surface area contributed by atoms with Gasteiger partial charge in [0, 0.05) is 44.9 Å². The average Bonchev–Trinajstić information content (AvgIpc) is 2.96. The summed E-state index contributed by atoms with van der Waals surface area (Å²) >= 11 is 0. The summed E-state index contributed by atoms with van der Waals surface area (Å²) in [5.74, 6) is 0. The number of ether oxygens (including phenoxy) is 2. The van der Waals surface area contributed by atoms with Crippen LogP contribution in [0.25, 0.3) is 0 Å². The summed E-state index contributed by atoms with van der Waals surface area (Å²) in [6.07, 6.45) is 9.29. The van der Waals surface area contributed by atoms with Gasteiger partial charge in [-0.2, -0.15) is 0 Å². The van der Waals surface area contributed by atoms with E-state index in [4.69, 9.17) is 9.47 Å². The number of hydrogen-bond acceptors (Lipinski definition) is 4. The van der Waals surface area contributed by atoms with Gasteiger partial charge in [-0.3, -0.25) is 4.90 Å². The Morgan fingerprint density at radius 3 is 2.71 bits per heavy atom. The summed E-state index contributed by atoms with van der Waals surface area (Å²) in [6.45, 7) is 8.19. The van der Waals surface area contributed by atoms with Crippen LogP contribution in [-0.4, -0.2) is 63.0 Å². The molecule has 1 heterocycles. The van der Waals surface area contributed by atoms with Gasteiger partial charge in [0.25, 0.3) is 0 Å². The predicted octanol–water partition coefficient (Wildman–Crippen LogP) is 2.43. The van der Waals surface area contributed by atoms with Crippen LogP contribution in [0.1, 0.15) is 51.9 Å². The number of nitrogens with zero attached hydrogens (tertiary/aromatic N) is 1. The highest BCUT2D eigenvalue weighted by Gasteiger charge is 2.42. The lowest BCUT2D eigenvalue weighted by molar-refractivity contribution is 0.0239. The molecule has 2 fully saturated rings. The minimum absolute atomic E-state index is 0.455. The van der Waals surface area contributed by atoms with Gasteiger partial charge in [-0.15, -0.1) is 0 Å². The second-order valence-electron chi connectivity index (χ2n) is 6.70. The van der Waals surface area contributed by atoms with Crippen molar-refractivity contribution in [2.75, 3.05) is 46.6 Å². The fourth-order valence-electron chi connectivity index (χ4n) is 3.97. The van der Waals surface area contributed by atoms with Crippen LogP contribution in [0, 0.1) is 0 Å². The fourth-order valence-corrected chi connectivity index (χ4v) is 3.97. The summed E-state index contributed by atoms with van der Waals surface area (Å²) in [4.78, 5) is 2.79. The van der Waals surface area contributed by atoms with E-state index in [9.17, 15) is 0 Å². The molecule has 0 bridgehead atoms. The zero-order chi connectivity index (χ0) is 15.0. The number of methoxy groups -OCH3 is 1. The maximum absolute atomic E-state index is 5.62. The molecule has 0 radical (unpaired) electrons. The smallest absolute Gasteiger partial charge is 0.0700 e. The van der Waals surface area contributed by atoms with Gasteiger partial charge in [-0.25, -0.2) is 0 Å². The molecule has 1 saturated heterocycles. The Hall–Kier alpha value is -0.160. The number of piperazine rings is 1. The average molecular weight is 298 g/mol. The molecule has 0 aromatic carbocycles. The molecule has 1 aliphatic heterocycles. The lowest BCUT2D eigenvalue weighted by Gasteiger charge is -2.48. The van der Waals surface area contributed by atoms with Gasteiger partial charge in [-0.05, 0) is 25.7 Å². The second-order valence-corrected chi connectivity index (χ2v) is 6.70. The van der Waals surface area contributed by atoms with Crippen molar-refractivity contribution in [2.45, 2.75) is 63.5 Å². The van der Waals surface area contributed by atoms with Crippen LogP contribution in [0.4, 0.5) is 0 Å². The third kappa shape index (κ3) is 4.92. The Balaban J connectivity index is 1.77. The normalized spacial score (nSPS) is 25.7. The molecule has 2 rings (SSSR count). The summed E-state index contributed by atoms with van der Waals surface area (Å²) in [5.41, 5.74) is 0.455. The van der Waals surface area contributed by atoms with Crippen molar-refractivity contribution in [3.05, 3.63) is 0 Å². The van der Waals surface area contributed by atoms with Crippen LogP contribution in [0.3, 0.4) is 0 Å². The molecule has 0 aromatic heterocycles. The Kier molecular flexibility index (Phi) is 7.44. The van der Waals surface area contributed by atoms with E-state index in [2.05, 4.69) is 17.1 Å². The Morgan fingerprint density at radius 2 is 2.00 bits per heavy atom. The van der Waals surface area contributed by atoms with Crippen molar-refractivity contribution < 1.29 is 9.47 Å². The van der Waals surface area contributed by atoms with Gasteiger partial charge < -0.3 is 14.8 Å². The Morgan fingerprint density at radius 1 is 1.19 bits per heavy atom. The third-order valence-corrected chi connectivity index (χ3v) is 5.15. The highest BCUT2D eigenvalue weighted by atomic mass is 16.5. The van der Waals surface area contributed by atoms with E-state index < -0.39 is 0 Å². The number of hydrogen-bond donors (Lipinski definition) is 1. The monoisotopic (exact) mass is 298 g/mol. The minimum atomic E-state index is 0.455. The summed E-state index contributed by atoms with van der Waals surface area (Å²) in [5, 5.41) is 3.81. The molecule has 2 aliphatic rings. The van der Waals surface area contributed by atoms with E-state index in [1.165, 1.54) is 58.2 Å². The standard InChI is InChI=1S/C17H34N2O2/c1-3-7-16-14-19(10-6-11-21-13-12-20-2)17(15-18-16)8-4-5-9-17/h16,18H,3-15H2,1-2H3. The molecule has 0 aromatic rings. The van der Waals surface area contributed by atoms with Crippen molar-refractivity contribution in [1.82, 2.24) is 10.2 Å². The first-order valence-corrected chi connectivity index (χ1v) is 8.86. The van der Waals surface area contributed by atoms with E-state index in [-0.39, 0.29) is 0 Å². The van der Waals surface area contributed by atoms with E-state index >= 15 is 0 Å². The van der Waals surface area contributed by atoms with E-state index in [0.29, 0.717) is 18.2 Å². The molecular weight excluding hydrogens is 264 g/mol. The van der Waals surface area contributed by atoms with Gasteiger partial charge in [0.2, 0.25) is 0 Å². The Labute approximate surface area is 130 Å². The third-order valence-electron chi connectivity index (χ3n) is 5.15. The molecule has 0 amide bonds. The van der Waals surface area contributed by atoms with Crippen LogP contribution in [0.2, 0.25) is 0 Å². The molecule has 1 unspecified atom stereocenters. The first kappa shape index (κ1) is 17.2. The lowest BCUT2D eigenvalue weighted by Crippen LogP contribution is -2.63.